The summed E-state index contributed by atoms with van der Waals surface area (Å²) in [5.74, 6) is -0.242. The lowest BCUT2D eigenvalue weighted by Crippen LogP contribution is -2.36. The maximum atomic E-state index is 13.1. The smallest absolute Gasteiger partial charge is 0.388 e. The van der Waals surface area contributed by atoms with Crippen molar-refractivity contribution >= 4 is 17.3 Å². The number of carbonyl (C=O) groups excluding carboxylic acids is 1. The van der Waals surface area contributed by atoms with Crippen LogP contribution in [-0.2, 0) is 11.0 Å². The van der Waals surface area contributed by atoms with Crippen molar-refractivity contribution in [2.45, 2.75) is 25.4 Å². The van der Waals surface area contributed by atoms with Crippen LogP contribution in [0.5, 0.6) is 0 Å². The Balaban J connectivity index is 2.46. The number of halogens is 3. The SMILES string of the molecule is CNc1ccc(N2CCCCC2=O)c(C(F)(F)F)c1. The minimum Gasteiger partial charge on any atom is -0.388 e. The third-order valence-corrected chi connectivity index (χ3v) is 3.20. The van der Waals surface area contributed by atoms with Crippen LogP contribution in [-0.4, -0.2) is 19.5 Å². The van der Waals surface area contributed by atoms with Gasteiger partial charge in [-0.15, -0.1) is 0 Å². The first-order valence-electron chi connectivity index (χ1n) is 6.13. The third-order valence-electron chi connectivity index (χ3n) is 3.20. The van der Waals surface area contributed by atoms with Crippen molar-refractivity contribution in [3.63, 3.8) is 0 Å². The molecule has 0 spiro atoms. The van der Waals surface area contributed by atoms with Gasteiger partial charge in [0.1, 0.15) is 0 Å². The van der Waals surface area contributed by atoms with Gasteiger partial charge in [0.05, 0.1) is 11.3 Å². The van der Waals surface area contributed by atoms with Crippen LogP contribution in [0.3, 0.4) is 0 Å². The van der Waals surface area contributed by atoms with Crippen molar-refractivity contribution in [2.24, 2.45) is 0 Å². The summed E-state index contributed by atoms with van der Waals surface area (Å²) >= 11 is 0. The Labute approximate surface area is 109 Å². The molecule has 0 unspecified atom stereocenters. The second-order valence-electron chi connectivity index (χ2n) is 4.48. The molecule has 1 heterocycles. The number of piperidine rings is 1. The van der Waals surface area contributed by atoms with Crippen LogP contribution >= 0.6 is 0 Å². The van der Waals surface area contributed by atoms with Gasteiger partial charge in [-0.1, -0.05) is 0 Å². The molecular weight excluding hydrogens is 257 g/mol. The van der Waals surface area contributed by atoms with Gasteiger partial charge in [0.25, 0.3) is 0 Å². The molecule has 6 heteroatoms. The fraction of sp³-hybridized carbons (Fsp3) is 0.462. The molecule has 2 rings (SSSR count). The summed E-state index contributed by atoms with van der Waals surface area (Å²) < 4.78 is 39.2. The number of rotatable bonds is 2. The first kappa shape index (κ1) is 13.7. The Morgan fingerprint density at radius 2 is 2.00 bits per heavy atom. The Bertz CT molecular complexity index is 485. The second-order valence-corrected chi connectivity index (χ2v) is 4.48. The minimum atomic E-state index is -4.47. The van der Waals surface area contributed by atoms with E-state index in [1.54, 1.807) is 13.1 Å². The van der Waals surface area contributed by atoms with Gasteiger partial charge >= 0.3 is 6.18 Å². The highest BCUT2D eigenvalue weighted by Crippen LogP contribution is 2.39. The summed E-state index contributed by atoms with van der Waals surface area (Å²) in [6.45, 7) is 0.348. The van der Waals surface area contributed by atoms with Gasteiger partial charge < -0.3 is 10.2 Å². The number of anilines is 2. The molecule has 104 valence electrons. The van der Waals surface area contributed by atoms with Gasteiger partial charge in [-0.05, 0) is 31.0 Å². The first-order chi connectivity index (χ1) is 8.93. The lowest BCUT2D eigenvalue weighted by atomic mass is 10.1. The minimum absolute atomic E-state index is 0.0452. The lowest BCUT2D eigenvalue weighted by Gasteiger charge is -2.29. The molecular formula is C13H15F3N2O. The molecule has 0 saturated carbocycles. The fourth-order valence-corrected chi connectivity index (χ4v) is 2.21. The molecule has 0 bridgehead atoms. The van der Waals surface area contributed by atoms with E-state index in [4.69, 9.17) is 0 Å². The van der Waals surface area contributed by atoms with E-state index in [9.17, 15) is 18.0 Å². The van der Waals surface area contributed by atoms with E-state index in [1.807, 2.05) is 0 Å². The summed E-state index contributed by atoms with van der Waals surface area (Å²) in [6, 6.07) is 3.95. The number of alkyl halides is 3. The van der Waals surface area contributed by atoms with E-state index in [0.29, 0.717) is 18.7 Å². The molecule has 1 aliphatic heterocycles. The standard InChI is InChI=1S/C13H15F3N2O/c1-17-9-5-6-11(10(8-9)13(14,15)16)18-7-3-2-4-12(18)19/h5-6,8,17H,2-4,7H2,1H3. The highest BCUT2D eigenvalue weighted by Gasteiger charge is 2.36. The van der Waals surface area contributed by atoms with Crippen molar-refractivity contribution in [3.05, 3.63) is 23.8 Å². The Morgan fingerprint density at radius 1 is 1.26 bits per heavy atom. The predicted molar refractivity (Wildman–Crippen MR) is 67.2 cm³/mol. The Kier molecular flexibility index (Phi) is 3.68. The normalized spacial score (nSPS) is 16.6. The molecule has 1 aliphatic rings. The molecule has 0 aromatic heterocycles. The summed E-state index contributed by atoms with van der Waals surface area (Å²) in [5.41, 5.74) is -0.439. The number of nitrogens with zero attached hydrogens (tertiary/aromatic N) is 1. The number of carbonyl (C=O) groups is 1. The zero-order chi connectivity index (χ0) is 14.0. The fourth-order valence-electron chi connectivity index (χ4n) is 2.21. The van der Waals surface area contributed by atoms with Gasteiger partial charge in [0, 0.05) is 25.7 Å². The molecule has 1 saturated heterocycles. The van der Waals surface area contributed by atoms with Gasteiger partial charge in [-0.2, -0.15) is 13.2 Å². The molecule has 1 aromatic rings. The molecule has 1 fully saturated rings. The third kappa shape index (κ3) is 2.83. The number of nitrogens with one attached hydrogen (secondary N) is 1. The van der Waals surface area contributed by atoms with Crippen molar-refractivity contribution < 1.29 is 18.0 Å². The molecule has 0 atom stereocenters. The van der Waals surface area contributed by atoms with E-state index in [-0.39, 0.29) is 11.6 Å². The van der Waals surface area contributed by atoms with Gasteiger partial charge in [0.15, 0.2) is 0 Å². The van der Waals surface area contributed by atoms with E-state index < -0.39 is 11.7 Å². The first-order valence-corrected chi connectivity index (χ1v) is 6.13. The number of hydrogen-bond donors (Lipinski definition) is 1. The van der Waals surface area contributed by atoms with Crippen LogP contribution in [0.2, 0.25) is 0 Å². The molecule has 3 nitrogen and oxygen atoms in total. The van der Waals surface area contributed by atoms with Crippen molar-refractivity contribution in [1.82, 2.24) is 0 Å². The van der Waals surface area contributed by atoms with E-state index in [1.165, 1.54) is 11.0 Å². The summed E-state index contributed by atoms with van der Waals surface area (Å²) in [5, 5.41) is 2.68. The summed E-state index contributed by atoms with van der Waals surface area (Å²) in [7, 11) is 1.56. The predicted octanol–water partition coefficient (Wildman–Crippen LogP) is 3.26. The molecule has 1 aromatic carbocycles. The largest absolute Gasteiger partial charge is 0.418 e. The van der Waals surface area contributed by atoms with Crippen LogP contribution < -0.4 is 10.2 Å². The lowest BCUT2D eigenvalue weighted by molar-refractivity contribution is -0.137. The van der Waals surface area contributed by atoms with E-state index in [2.05, 4.69) is 5.32 Å². The Morgan fingerprint density at radius 3 is 2.58 bits per heavy atom. The number of amides is 1. The van der Waals surface area contributed by atoms with E-state index >= 15 is 0 Å². The van der Waals surface area contributed by atoms with Crippen LogP contribution in [0.15, 0.2) is 18.2 Å². The maximum absolute atomic E-state index is 13.1. The van der Waals surface area contributed by atoms with Crippen molar-refractivity contribution in [2.75, 3.05) is 23.8 Å². The van der Waals surface area contributed by atoms with Crippen LogP contribution in [0.4, 0.5) is 24.5 Å². The Hall–Kier alpha value is -1.72. The van der Waals surface area contributed by atoms with E-state index in [0.717, 1.165) is 18.9 Å². The molecule has 1 N–H and O–H groups in total. The average molecular weight is 272 g/mol. The quantitative estimate of drug-likeness (QED) is 0.896. The number of hydrogen-bond acceptors (Lipinski definition) is 2. The topological polar surface area (TPSA) is 32.3 Å². The second kappa shape index (κ2) is 5.11. The van der Waals surface area contributed by atoms with Crippen LogP contribution in [0.1, 0.15) is 24.8 Å². The highest BCUT2D eigenvalue weighted by atomic mass is 19.4. The average Bonchev–Trinajstić information content (AvgIpc) is 2.38. The van der Waals surface area contributed by atoms with Gasteiger partial charge in [-0.25, -0.2) is 0 Å². The number of benzene rings is 1. The zero-order valence-corrected chi connectivity index (χ0v) is 10.5. The molecule has 0 aliphatic carbocycles. The zero-order valence-electron chi connectivity index (χ0n) is 10.5. The highest BCUT2D eigenvalue weighted by molar-refractivity contribution is 5.95. The molecule has 19 heavy (non-hydrogen) atoms. The van der Waals surface area contributed by atoms with Crippen molar-refractivity contribution in [1.29, 1.82) is 0 Å². The summed E-state index contributed by atoms with van der Waals surface area (Å²) in [4.78, 5) is 13.0. The van der Waals surface area contributed by atoms with Gasteiger partial charge in [-0.3, -0.25) is 4.79 Å². The van der Waals surface area contributed by atoms with Crippen molar-refractivity contribution in [3.8, 4) is 0 Å². The summed E-state index contributed by atoms with van der Waals surface area (Å²) in [6.07, 6.45) is -2.69. The maximum Gasteiger partial charge on any atom is 0.418 e. The monoisotopic (exact) mass is 272 g/mol. The van der Waals surface area contributed by atoms with Crippen LogP contribution in [0.25, 0.3) is 0 Å². The van der Waals surface area contributed by atoms with Gasteiger partial charge in [0.2, 0.25) is 5.91 Å². The molecule has 0 radical (unpaired) electrons. The van der Waals surface area contributed by atoms with Crippen LogP contribution in [0, 0.1) is 0 Å². The molecule has 1 amide bonds.